The van der Waals surface area contributed by atoms with Crippen LogP contribution in [-0.4, -0.2) is 32.8 Å². The lowest BCUT2D eigenvalue weighted by Crippen LogP contribution is -2.18. The fraction of sp³-hybridized carbons (Fsp3) is 0.211. The Balaban J connectivity index is 2.02. The van der Waals surface area contributed by atoms with E-state index in [1.165, 1.54) is 13.0 Å². The van der Waals surface area contributed by atoms with Crippen LogP contribution in [0.4, 0.5) is 5.69 Å². The molecule has 0 atom stereocenters. The van der Waals surface area contributed by atoms with Crippen LogP contribution in [0.5, 0.6) is 0 Å². The highest BCUT2D eigenvalue weighted by Crippen LogP contribution is 2.28. The highest BCUT2D eigenvalue weighted by molar-refractivity contribution is 6.06. The fourth-order valence-corrected chi connectivity index (χ4v) is 2.56. The summed E-state index contributed by atoms with van der Waals surface area (Å²) in [6.07, 6.45) is 0. The maximum atomic E-state index is 12.2. The number of hydrogen-bond donors (Lipinski definition) is 0. The number of carbonyl (C=O) groups excluding carboxylic acids is 2. The molecule has 0 bridgehead atoms. The molecule has 0 spiro atoms. The van der Waals surface area contributed by atoms with Gasteiger partial charge in [-0.1, -0.05) is 12.1 Å². The first kappa shape index (κ1) is 17.5. The van der Waals surface area contributed by atoms with Gasteiger partial charge in [0, 0.05) is 37.5 Å². The van der Waals surface area contributed by atoms with Crippen LogP contribution in [0.3, 0.4) is 0 Å². The SMILES string of the molecule is CC(=O)OCOC(=O)c1cc2ccc3cc(N(C)C)ccc3c2oc1=O. The zero-order chi connectivity index (χ0) is 18.8. The van der Waals surface area contributed by atoms with Gasteiger partial charge in [-0.25, -0.2) is 9.59 Å². The third-order valence-corrected chi connectivity index (χ3v) is 3.89. The number of nitrogens with zero attached hydrogens (tertiary/aromatic N) is 1. The molecule has 134 valence electrons. The molecule has 2 aromatic carbocycles. The highest BCUT2D eigenvalue weighted by atomic mass is 16.7. The van der Waals surface area contributed by atoms with E-state index in [9.17, 15) is 14.4 Å². The molecule has 0 saturated carbocycles. The molecule has 0 amide bonds. The summed E-state index contributed by atoms with van der Waals surface area (Å²) in [6.45, 7) is 0.627. The smallest absolute Gasteiger partial charge is 0.351 e. The molecule has 3 aromatic rings. The molecule has 0 aliphatic carbocycles. The quantitative estimate of drug-likeness (QED) is 0.308. The summed E-state index contributed by atoms with van der Waals surface area (Å²) in [6, 6.07) is 10.8. The van der Waals surface area contributed by atoms with E-state index in [1.807, 2.05) is 43.3 Å². The number of fused-ring (bicyclic) bond motifs is 3. The third kappa shape index (κ3) is 3.37. The van der Waals surface area contributed by atoms with Gasteiger partial charge < -0.3 is 18.8 Å². The van der Waals surface area contributed by atoms with Crippen molar-refractivity contribution in [2.75, 3.05) is 25.8 Å². The summed E-state index contributed by atoms with van der Waals surface area (Å²) in [4.78, 5) is 36.9. The summed E-state index contributed by atoms with van der Waals surface area (Å²) in [5.41, 5.74) is 0.350. The van der Waals surface area contributed by atoms with Crippen LogP contribution in [0.15, 0.2) is 45.6 Å². The van der Waals surface area contributed by atoms with Crippen molar-refractivity contribution in [1.29, 1.82) is 0 Å². The Morgan fingerprint density at radius 2 is 1.77 bits per heavy atom. The van der Waals surface area contributed by atoms with E-state index < -0.39 is 24.4 Å². The van der Waals surface area contributed by atoms with E-state index in [0.29, 0.717) is 11.0 Å². The molecule has 0 aliphatic rings. The minimum absolute atomic E-state index is 0.256. The third-order valence-electron chi connectivity index (χ3n) is 3.89. The van der Waals surface area contributed by atoms with Crippen LogP contribution in [0.2, 0.25) is 0 Å². The minimum Gasteiger partial charge on any atom is -0.428 e. The Bertz CT molecular complexity index is 1070. The van der Waals surface area contributed by atoms with E-state index in [0.717, 1.165) is 16.5 Å². The van der Waals surface area contributed by atoms with Gasteiger partial charge in [0.05, 0.1) is 0 Å². The van der Waals surface area contributed by atoms with E-state index in [4.69, 9.17) is 9.15 Å². The van der Waals surface area contributed by atoms with Crippen LogP contribution in [-0.2, 0) is 14.3 Å². The average Bonchev–Trinajstić information content (AvgIpc) is 2.60. The Labute approximate surface area is 148 Å². The van der Waals surface area contributed by atoms with Gasteiger partial charge in [0.25, 0.3) is 0 Å². The number of esters is 2. The van der Waals surface area contributed by atoms with Crippen molar-refractivity contribution in [3.63, 3.8) is 0 Å². The maximum absolute atomic E-state index is 12.2. The molecular formula is C19H17NO6. The van der Waals surface area contributed by atoms with Crippen LogP contribution in [0.25, 0.3) is 21.7 Å². The summed E-state index contributed by atoms with van der Waals surface area (Å²) in [5.74, 6) is -1.50. The zero-order valence-electron chi connectivity index (χ0n) is 14.6. The highest BCUT2D eigenvalue weighted by Gasteiger charge is 2.17. The van der Waals surface area contributed by atoms with Crippen molar-refractivity contribution in [3.8, 4) is 0 Å². The summed E-state index contributed by atoms with van der Waals surface area (Å²) in [7, 11) is 3.88. The Morgan fingerprint density at radius 1 is 1.04 bits per heavy atom. The van der Waals surface area contributed by atoms with Gasteiger partial charge >= 0.3 is 17.6 Å². The van der Waals surface area contributed by atoms with Gasteiger partial charge in [0.15, 0.2) is 0 Å². The van der Waals surface area contributed by atoms with Gasteiger partial charge in [-0.2, -0.15) is 0 Å². The molecule has 7 heteroatoms. The van der Waals surface area contributed by atoms with Crippen molar-refractivity contribution in [3.05, 3.63) is 52.4 Å². The predicted molar refractivity (Wildman–Crippen MR) is 96.4 cm³/mol. The average molecular weight is 355 g/mol. The van der Waals surface area contributed by atoms with Crippen molar-refractivity contribution in [2.24, 2.45) is 0 Å². The second-order valence-electron chi connectivity index (χ2n) is 5.92. The van der Waals surface area contributed by atoms with Gasteiger partial charge in [-0.3, -0.25) is 4.79 Å². The molecule has 0 radical (unpaired) electrons. The van der Waals surface area contributed by atoms with Crippen molar-refractivity contribution in [2.45, 2.75) is 6.92 Å². The second kappa shape index (κ2) is 6.87. The first-order valence-electron chi connectivity index (χ1n) is 7.85. The molecule has 0 saturated heterocycles. The van der Waals surface area contributed by atoms with Gasteiger partial charge in [0.1, 0.15) is 11.1 Å². The maximum Gasteiger partial charge on any atom is 0.351 e. The number of rotatable bonds is 4. The molecule has 0 aliphatic heterocycles. The van der Waals surface area contributed by atoms with Crippen LogP contribution >= 0.6 is 0 Å². The predicted octanol–water partition coefficient (Wildman–Crippen LogP) is 2.69. The van der Waals surface area contributed by atoms with E-state index >= 15 is 0 Å². The number of anilines is 1. The van der Waals surface area contributed by atoms with Crippen LogP contribution in [0.1, 0.15) is 17.3 Å². The normalized spacial score (nSPS) is 10.7. The second-order valence-corrected chi connectivity index (χ2v) is 5.92. The topological polar surface area (TPSA) is 86.1 Å². The minimum atomic E-state index is -0.912. The Hall–Kier alpha value is -3.35. The number of benzene rings is 2. The molecule has 1 heterocycles. The zero-order valence-corrected chi connectivity index (χ0v) is 14.6. The summed E-state index contributed by atoms with van der Waals surface area (Å²) in [5, 5.41) is 2.27. The lowest BCUT2D eigenvalue weighted by molar-refractivity contribution is -0.149. The molecule has 26 heavy (non-hydrogen) atoms. The monoisotopic (exact) mass is 355 g/mol. The lowest BCUT2D eigenvalue weighted by Gasteiger charge is -2.13. The number of ether oxygens (including phenoxy) is 2. The van der Waals surface area contributed by atoms with E-state index in [2.05, 4.69) is 4.74 Å². The largest absolute Gasteiger partial charge is 0.428 e. The van der Waals surface area contributed by atoms with Crippen molar-refractivity contribution >= 4 is 39.4 Å². The Kier molecular flexibility index (Phi) is 4.62. The molecule has 7 nitrogen and oxygen atoms in total. The molecule has 0 N–H and O–H groups in total. The van der Waals surface area contributed by atoms with Gasteiger partial charge in [-0.05, 0) is 29.7 Å². The first-order valence-corrected chi connectivity index (χ1v) is 7.85. The number of carbonyl (C=O) groups is 2. The van der Waals surface area contributed by atoms with E-state index in [-0.39, 0.29) is 5.56 Å². The molecule has 0 unspecified atom stereocenters. The summed E-state index contributed by atoms with van der Waals surface area (Å²) >= 11 is 0. The lowest BCUT2D eigenvalue weighted by atomic mass is 10.1. The standard InChI is InChI=1S/C19H17NO6/c1-11(21)24-10-25-18(22)16-9-13-5-4-12-8-14(20(2)3)6-7-15(12)17(13)26-19(16)23/h4-9H,10H2,1-3H3. The number of hydrogen-bond acceptors (Lipinski definition) is 7. The Morgan fingerprint density at radius 3 is 2.46 bits per heavy atom. The molecular weight excluding hydrogens is 338 g/mol. The molecule has 0 fully saturated rings. The molecule has 1 aromatic heterocycles. The van der Waals surface area contributed by atoms with Crippen LogP contribution in [0, 0.1) is 0 Å². The van der Waals surface area contributed by atoms with Gasteiger partial charge in [-0.15, -0.1) is 0 Å². The van der Waals surface area contributed by atoms with Crippen molar-refractivity contribution in [1.82, 2.24) is 0 Å². The van der Waals surface area contributed by atoms with E-state index in [1.54, 1.807) is 6.07 Å². The fourth-order valence-electron chi connectivity index (χ4n) is 2.56. The van der Waals surface area contributed by atoms with Gasteiger partial charge in [0.2, 0.25) is 6.79 Å². The summed E-state index contributed by atoms with van der Waals surface area (Å²) < 4.78 is 14.7. The first-order chi connectivity index (χ1) is 12.4. The molecule has 3 rings (SSSR count). The van der Waals surface area contributed by atoms with Crippen LogP contribution < -0.4 is 10.5 Å². The van der Waals surface area contributed by atoms with Crippen molar-refractivity contribution < 1.29 is 23.5 Å².